The van der Waals surface area contributed by atoms with Crippen molar-refractivity contribution in [2.45, 2.75) is 40.0 Å². The highest BCUT2D eigenvalue weighted by Crippen LogP contribution is 2.71. The molecule has 0 saturated heterocycles. The van der Waals surface area contributed by atoms with Gasteiger partial charge in [0.25, 0.3) is 0 Å². The fourth-order valence-corrected chi connectivity index (χ4v) is 4.66. The summed E-state index contributed by atoms with van der Waals surface area (Å²) in [6.07, 6.45) is 2.11. The summed E-state index contributed by atoms with van der Waals surface area (Å²) in [6.45, 7) is 6.27. The second-order valence-corrected chi connectivity index (χ2v) is 8.16. The van der Waals surface area contributed by atoms with Crippen molar-refractivity contribution in [2.24, 2.45) is 21.4 Å². The summed E-state index contributed by atoms with van der Waals surface area (Å²) in [7, 11) is 0. The summed E-state index contributed by atoms with van der Waals surface area (Å²) in [5.41, 5.74) is 0.226. The monoisotopic (exact) mass is 354 g/mol. The molecule has 0 aliphatic heterocycles. The minimum absolute atomic E-state index is 0.0525. The number of rotatable bonds is 2. The van der Waals surface area contributed by atoms with Crippen molar-refractivity contribution >= 4 is 40.5 Å². The molecule has 2 saturated carbocycles. The Labute approximate surface area is 145 Å². The predicted octanol–water partition coefficient (Wildman–Crippen LogP) is 4.98. The number of hydrogen-bond donors (Lipinski definition) is 2. The minimum atomic E-state index is -0.574. The quantitative estimate of drug-likeness (QED) is 0.581. The maximum absolute atomic E-state index is 13.1. The van der Waals surface area contributed by atoms with Gasteiger partial charge in [-0.2, -0.15) is 0 Å². The summed E-state index contributed by atoms with van der Waals surface area (Å²) >= 11 is 11.9. The van der Waals surface area contributed by atoms with Crippen molar-refractivity contribution in [3.8, 4) is 0 Å². The van der Waals surface area contributed by atoms with Gasteiger partial charge in [0.05, 0.1) is 21.2 Å². The van der Waals surface area contributed by atoms with E-state index in [4.69, 9.17) is 23.2 Å². The molecule has 23 heavy (non-hydrogen) atoms. The average Bonchev–Trinajstić information content (AvgIpc) is 2.80. The van der Waals surface area contributed by atoms with E-state index < -0.39 is 5.41 Å². The number of nitrogens with one attached hydrogen (secondary N) is 1. The van der Waals surface area contributed by atoms with Gasteiger partial charge in [-0.05, 0) is 36.5 Å². The van der Waals surface area contributed by atoms with E-state index in [1.54, 1.807) is 18.2 Å². The summed E-state index contributed by atoms with van der Waals surface area (Å²) in [5.74, 6) is -0.0525. The summed E-state index contributed by atoms with van der Waals surface area (Å²) in [6, 6.07) is 5.05. The lowest BCUT2D eigenvalue weighted by Crippen LogP contribution is -2.43. The first-order chi connectivity index (χ1) is 10.7. The van der Waals surface area contributed by atoms with Crippen LogP contribution in [0.2, 0.25) is 10.0 Å². The molecule has 3 rings (SSSR count). The Morgan fingerprint density at radius 2 is 1.91 bits per heavy atom. The minimum Gasteiger partial charge on any atom is -0.411 e. The summed E-state index contributed by atoms with van der Waals surface area (Å²) in [5, 5.41) is 16.7. The van der Waals surface area contributed by atoms with Crippen LogP contribution in [0.3, 0.4) is 0 Å². The van der Waals surface area contributed by atoms with Gasteiger partial charge in [0.15, 0.2) is 0 Å². The predicted molar refractivity (Wildman–Crippen MR) is 92.5 cm³/mol. The molecule has 0 spiro atoms. The molecule has 1 aromatic rings. The van der Waals surface area contributed by atoms with Crippen LogP contribution in [0.1, 0.15) is 40.0 Å². The zero-order valence-electron chi connectivity index (χ0n) is 13.4. The van der Waals surface area contributed by atoms with Crippen LogP contribution in [0.25, 0.3) is 0 Å². The van der Waals surface area contributed by atoms with Gasteiger partial charge < -0.3 is 10.5 Å². The smallest absolute Gasteiger partial charge is 0.231 e. The normalized spacial score (nSPS) is 33.2. The molecule has 2 aliphatic rings. The number of carbonyl (C=O) groups is 1. The highest BCUT2D eigenvalue weighted by molar-refractivity contribution is 6.42. The first-order valence-electron chi connectivity index (χ1n) is 7.66. The lowest BCUT2D eigenvalue weighted by molar-refractivity contribution is -0.130. The Bertz CT molecular complexity index is 717. The third-order valence-corrected chi connectivity index (χ3v) is 7.21. The number of benzene rings is 1. The van der Waals surface area contributed by atoms with Crippen LogP contribution in [-0.4, -0.2) is 16.8 Å². The number of oxime groups is 1. The van der Waals surface area contributed by atoms with Crippen molar-refractivity contribution in [3.05, 3.63) is 28.2 Å². The van der Waals surface area contributed by atoms with Gasteiger partial charge in [0.1, 0.15) is 0 Å². The fourth-order valence-electron chi connectivity index (χ4n) is 4.36. The Balaban J connectivity index is 1.94. The molecule has 2 N–H and O–H groups in total. The Morgan fingerprint density at radius 3 is 2.48 bits per heavy atom. The van der Waals surface area contributed by atoms with E-state index in [0.717, 1.165) is 18.6 Å². The SMILES string of the molecule is CC12CCC(C(=O)Nc3ccc(Cl)c(Cl)c3)(CC1=NO)C2(C)C. The summed E-state index contributed by atoms with van der Waals surface area (Å²) < 4.78 is 0. The van der Waals surface area contributed by atoms with Crippen molar-refractivity contribution in [3.63, 3.8) is 0 Å². The van der Waals surface area contributed by atoms with Crippen molar-refractivity contribution in [1.29, 1.82) is 0 Å². The largest absolute Gasteiger partial charge is 0.411 e. The molecule has 0 heterocycles. The summed E-state index contributed by atoms with van der Waals surface area (Å²) in [4.78, 5) is 13.1. The Kier molecular flexibility index (Phi) is 3.69. The first kappa shape index (κ1) is 16.6. The van der Waals surface area contributed by atoms with Crippen LogP contribution < -0.4 is 5.32 Å². The van der Waals surface area contributed by atoms with Gasteiger partial charge in [-0.3, -0.25) is 4.79 Å². The van der Waals surface area contributed by atoms with E-state index in [1.807, 2.05) is 0 Å². The third-order valence-electron chi connectivity index (χ3n) is 6.47. The highest BCUT2D eigenvalue weighted by Gasteiger charge is 2.71. The molecule has 124 valence electrons. The molecule has 2 aliphatic carbocycles. The molecule has 2 unspecified atom stereocenters. The van der Waals surface area contributed by atoms with Gasteiger partial charge in [-0.25, -0.2) is 0 Å². The number of nitrogens with zero attached hydrogens (tertiary/aromatic N) is 1. The van der Waals surface area contributed by atoms with Crippen LogP contribution in [0.4, 0.5) is 5.69 Å². The van der Waals surface area contributed by atoms with Crippen molar-refractivity contribution in [1.82, 2.24) is 0 Å². The molecule has 1 amide bonds. The fraction of sp³-hybridized carbons (Fsp3) is 0.529. The zero-order chi connectivity index (χ0) is 17.0. The van der Waals surface area contributed by atoms with E-state index >= 15 is 0 Å². The van der Waals surface area contributed by atoms with Gasteiger partial charge in [-0.1, -0.05) is 49.1 Å². The maximum Gasteiger partial charge on any atom is 0.231 e. The van der Waals surface area contributed by atoms with Crippen LogP contribution in [0.15, 0.2) is 23.4 Å². The first-order valence-corrected chi connectivity index (χ1v) is 8.41. The second-order valence-electron chi connectivity index (χ2n) is 7.35. The number of halogens is 2. The van der Waals surface area contributed by atoms with Gasteiger partial charge in [-0.15, -0.1) is 0 Å². The van der Waals surface area contributed by atoms with E-state index in [1.165, 1.54) is 0 Å². The second kappa shape index (κ2) is 5.12. The molecule has 2 fully saturated rings. The zero-order valence-corrected chi connectivity index (χ0v) is 14.9. The van der Waals surface area contributed by atoms with Crippen LogP contribution >= 0.6 is 23.2 Å². The van der Waals surface area contributed by atoms with E-state index in [0.29, 0.717) is 22.2 Å². The third kappa shape index (κ3) is 2.04. The van der Waals surface area contributed by atoms with E-state index in [2.05, 4.69) is 31.2 Å². The molecular formula is C17H20Cl2N2O2. The topological polar surface area (TPSA) is 61.7 Å². The van der Waals surface area contributed by atoms with Crippen LogP contribution in [0.5, 0.6) is 0 Å². The highest BCUT2D eigenvalue weighted by atomic mass is 35.5. The van der Waals surface area contributed by atoms with Crippen LogP contribution in [0, 0.1) is 16.2 Å². The van der Waals surface area contributed by atoms with Gasteiger partial charge >= 0.3 is 0 Å². The Hall–Kier alpha value is -1.26. The number of fused-ring (bicyclic) bond motifs is 2. The van der Waals surface area contributed by atoms with Gasteiger partial charge in [0, 0.05) is 17.5 Å². The number of hydrogen-bond acceptors (Lipinski definition) is 3. The molecule has 0 radical (unpaired) electrons. The molecule has 0 aromatic heterocycles. The van der Waals surface area contributed by atoms with Crippen molar-refractivity contribution in [2.75, 3.05) is 5.32 Å². The molecule has 1 aromatic carbocycles. The van der Waals surface area contributed by atoms with Crippen LogP contribution in [-0.2, 0) is 4.79 Å². The molecular weight excluding hydrogens is 335 g/mol. The lowest BCUT2D eigenvalue weighted by atomic mass is 9.64. The van der Waals surface area contributed by atoms with E-state index in [9.17, 15) is 10.0 Å². The average molecular weight is 355 g/mol. The number of anilines is 1. The standard InChI is InChI=1S/C17H20Cl2N2O2/c1-15(2)16(3)6-7-17(15,9-13(16)21-23)14(22)20-10-4-5-11(18)12(19)8-10/h4-5,8,23H,6-7,9H2,1-3H3,(H,20,22). The molecule has 2 bridgehead atoms. The molecule has 2 atom stereocenters. The van der Waals surface area contributed by atoms with Gasteiger partial charge in [0.2, 0.25) is 5.91 Å². The number of carbonyl (C=O) groups excluding carboxylic acids is 1. The maximum atomic E-state index is 13.1. The number of amides is 1. The molecule has 4 nitrogen and oxygen atoms in total. The van der Waals surface area contributed by atoms with E-state index in [-0.39, 0.29) is 16.7 Å². The lowest BCUT2D eigenvalue weighted by Gasteiger charge is -2.39. The van der Waals surface area contributed by atoms with Crippen molar-refractivity contribution < 1.29 is 10.0 Å². The Morgan fingerprint density at radius 1 is 1.22 bits per heavy atom. The molecule has 6 heteroatoms.